The molecule has 0 aliphatic heterocycles. The van der Waals surface area contributed by atoms with Gasteiger partial charge in [-0.1, -0.05) is 13.8 Å². The maximum Gasteiger partial charge on any atom is 0.347 e. The molecule has 1 aromatic carbocycles. The quantitative estimate of drug-likeness (QED) is 0.481. The highest BCUT2D eigenvalue weighted by molar-refractivity contribution is 6.01. The van der Waals surface area contributed by atoms with Crippen molar-refractivity contribution in [1.82, 2.24) is 9.13 Å². The molecule has 0 saturated carbocycles. The second-order valence-corrected chi connectivity index (χ2v) is 7.34. The van der Waals surface area contributed by atoms with Crippen LogP contribution < -0.4 is 21.7 Å². The number of ketones is 1. The van der Waals surface area contributed by atoms with Gasteiger partial charge in [0.05, 0.1) is 11.6 Å². The molecule has 1 unspecified atom stereocenters. The number of ether oxygens (including phenoxy) is 2. The smallest absolute Gasteiger partial charge is 0.347 e. The summed E-state index contributed by atoms with van der Waals surface area (Å²) in [5.74, 6) is -1.53. The van der Waals surface area contributed by atoms with Crippen LogP contribution in [-0.4, -0.2) is 33.6 Å². The first-order valence-corrected chi connectivity index (χ1v) is 9.52. The summed E-state index contributed by atoms with van der Waals surface area (Å²) in [6.07, 6.45) is -1.05. The fourth-order valence-corrected chi connectivity index (χ4v) is 2.77. The van der Waals surface area contributed by atoms with Gasteiger partial charge in [-0.25, -0.2) is 9.59 Å². The van der Waals surface area contributed by atoms with Crippen molar-refractivity contribution in [2.75, 3.05) is 12.3 Å². The third-order valence-corrected chi connectivity index (χ3v) is 4.38. The zero-order valence-corrected chi connectivity index (χ0v) is 17.7. The van der Waals surface area contributed by atoms with Crippen LogP contribution in [0.3, 0.4) is 0 Å². The number of Topliss-reactive ketones (excluding diaryl/α,β-unsaturated/α-hetero) is 1. The minimum atomic E-state index is -1.05. The highest BCUT2D eigenvalue weighted by atomic mass is 16.6. The molecule has 0 amide bonds. The zero-order valence-electron chi connectivity index (χ0n) is 17.7. The SMILES string of the molecule is CC(C)Cn1c(N)c(C(=O)COC(=O)C(C)Oc2ccc(C#N)cc2)c(=O)n(C)c1=O. The van der Waals surface area contributed by atoms with Gasteiger partial charge < -0.3 is 15.2 Å². The Morgan fingerprint density at radius 2 is 1.77 bits per heavy atom. The van der Waals surface area contributed by atoms with Crippen molar-refractivity contribution < 1.29 is 19.1 Å². The van der Waals surface area contributed by atoms with Crippen LogP contribution in [0.2, 0.25) is 0 Å². The molecule has 10 nitrogen and oxygen atoms in total. The van der Waals surface area contributed by atoms with Crippen molar-refractivity contribution in [2.45, 2.75) is 33.4 Å². The summed E-state index contributed by atoms with van der Waals surface area (Å²) >= 11 is 0. The van der Waals surface area contributed by atoms with Gasteiger partial charge in [0.15, 0.2) is 12.7 Å². The van der Waals surface area contributed by atoms with E-state index >= 15 is 0 Å². The van der Waals surface area contributed by atoms with Crippen molar-refractivity contribution in [1.29, 1.82) is 5.26 Å². The first kappa shape index (κ1) is 23.4. The lowest BCUT2D eigenvalue weighted by molar-refractivity contribution is -0.149. The van der Waals surface area contributed by atoms with E-state index in [4.69, 9.17) is 20.5 Å². The molecular formula is C21H24N4O6. The predicted molar refractivity (Wildman–Crippen MR) is 112 cm³/mol. The Labute approximate surface area is 178 Å². The number of carbonyl (C=O) groups excluding carboxylic acids is 2. The number of benzene rings is 1. The minimum Gasteiger partial charge on any atom is -0.479 e. The lowest BCUT2D eigenvalue weighted by Gasteiger charge is -2.17. The van der Waals surface area contributed by atoms with Crippen LogP contribution in [0.4, 0.5) is 5.82 Å². The van der Waals surface area contributed by atoms with Gasteiger partial charge in [0.2, 0.25) is 5.78 Å². The lowest BCUT2D eigenvalue weighted by atomic mass is 10.1. The van der Waals surface area contributed by atoms with E-state index < -0.39 is 41.3 Å². The van der Waals surface area contributed by atoms with Gasteiger partial charge in [0.1, 0.15) is 17.1 Å². The number of esters is 1. The maximum absolute atomic E-state index is 12.6. The molecule has 0 aliphatic carbocycles. The maximum atomic E-state index is 12.6. The average Bonchev–Trinajstić information content (AvgIpc) is 2.74. The topological polar surface area (TPSA) is 146 Å². The molecule has 0 fully saturated rings. The number of anilines is 1. The molecule has 0 radical (unpaired) electrons. The summed E-state index contributed by atoms with van der Waals surface area (Å²) in [5, 5.41) is 8.80. The van der Waals surface area contributed by atoms with Crippen molar-refractivity contribution in [2.24, 2.45) is 13.0 Å². The van der Waals surface area contributed by atoms with Gasteiger partial charge in [-0.15, -0.1) is 0 Å². The van der Waals surface area contributed by atoms with E-state index in [9.17, 15) is 19.2 Å². The molecule has 0 saturated heterocycles. The number of nitrogens with two attached hydrogens (primary N) is 1. The second kappa shape index (κ2) is 9.75. The summed E-state index contributed by atoms with van der Waals surface area (Å²) in [5.41, 5.74) is 4.48. The summed E-state index contributed by atoms with van der Waals surface area (Å²) in [4.78, 5) is 49.5. The van der Waals surface area contributed by atoms with E-state index in [2.05, 4.69) is 0 Å². The van der Waals surface area contributed by atoms with Crippen LogP contribution in [0.5, 0.6) is 5.75 Å². The molecule has 10 heteroatoms. The molecule has 0 spiro atoms. The highest BCUT2D eigenvalue weighted by Gasteiger charge is 2.24. The molecule has 1 aromatic heterocycles. The number of hydrogen-bond acceptors (Lipinski definition) is 8. The molecule has 2 N–H and O–H groups in total. The number of nitrogens with zero attached hydrogens (tertiary/aromatic N) is 3. The Morgan fingerprint density at radius 1 is 1.16 bits per heavy atom. The van der Waals surface area contributed by atoms with Gasteiger partial charge in [0.25, 0.3) is 5.56 Å². The number of rotatable bonds is 8. The van der Waals surface area contributed by atoms with Crippen LogP contribution in [0.15, 0.2) is 33.9 Å². The van der Waals surface area contributed by atoms with E-state index in [1.165, 1.54) is 38.2 Å². The molecule has 1 atom stereocenters. The third-order valence-electron chi connectivity index (χ3n) is 4.38. The molecule has 2 rings (SSSR count). The largest absolute Gasteiger partial charge is 0.479 e. The summed E-state index contributed by atoms with van der Waals surface area (Å²) in [6.45, 7) is 4.62. The molecular weight excluding hydrogens is 404 g/mol. The van der Waals surface area contributed by atoms with Gasteiger partial charge >= 0.3 is 11.7 Å². The Kier molecular flexibility index (Phi) is 7.37. The van der Waals surface area contributed by atoms with Crippen molar-refractivity contribution in [3.05, 3.63) is 56.2 Å². The number of aromatic nitrogens is 2. The Bertz CT molecular complexity index is 1140. The van der Waals surface area contributed by atoms with E-state index in [0.29, 0.717) is 11.3 Å². The molecule has 0 bridgehead atoms. The Morgan fingerprint density at radius 3 is 2.32 bits per heavy atom. The van der Waals surface area contributed by atoms with Crippen molar-refractivity contribution >= 4 is 17.6 Å². The van der Waals surface area contributed by atoms with E-state index in [0.717, 1.165) is 9.13 Å². The van der Waals surface area contributed by atoms with Gasteiger partial charge in [0, 0.05) is 13.6 Å². The van der Waals surface area contributed by atoms with Crippen molar-refractivity contribution in [3.63, 3.8) is 0 Å². The van der Waals surface area contributed by atoms with E-state index in [1.54, 1.807) is 0 Å². The highest BCUT2D eigenvalue weighted by Crippen LogP contribution is 2.14. The van der Waals surface area contributed by atoms with Gasteiger partial charge in [-0.05, 0) is 37.1 Å². The molecule has 31 heavy (non-hydrogen) atoms. The molecule has 164 valence electrons. The Hall–Kier alpha value is -3.87. The normalized spacial score (nSPS) is 11.6. The predicted octanol–water partition coefficient (Wildman–Crippen LogP) is 0.850. The first-order valence-electron chi connectivity index (χ1n) is 9.52. The van der Waals surface area contributed by atoms with Crippen LogP contribution in [0.1, 0.15) is 36.7 Å². The number of carbonyl (C=O) groups is 2. The second-order valence-electron chi connectivity index (χ2n) is 7.34. The fraction of sp³-hybridized carbons (Fsp3) is 0.381. The number of hydrogen-bond donors (Lipinski definition) is 1. The summed E-state index contributed by atoms with van der Waals surface area (Å²) < 4.78 is 12.4. The first-order chi connectivity index (χ1) is 14.6. The molecule has 2 aromatic rings. The number of nitriles is 1. The monoisotopic (exact) mass is 428 g/mol. The van der Waals surface area contributed by atoms with Crippen LogP contribution >= 0.6 is 0 Å². The van der Waals surface area contributed by atoms with Crippen LogP contribution in [0.25, 0.3) is 0 Å². The fourth-order valence-electron chi connectivity index (χ4n) is 2.77. The Balaban J connectivity index is 2.13. The van der Waals surface area contributed by atoms with Gasteiger partial charge in [-0.3, -0.25) is 18.7 Å². The standard InChI is InChI=1S/C21H24N4O6/c1-12(2)10-25-18(23)17(19(27)24(4)21(25)29)16(26)11-30-20(28)13(3)31-15-7-5-14(9-22)6-8-15/h5-8,12-13H,10-11,23H2,1-4H3. The zero-order chi connectivity index (χ0) is 23.3. The van der Waals surface area contributed by atoms with Crippen molar-refractivity contribution in [3.8, 4) is 11.8 Å². The average molecular weight is 428 g/mol. The third kappa shape index (κ3) is 5.39. The lowest BCUT2D eigenvalue weighted by Crippen LogP contribution is -2.43. The number of nitrogen functional groups attached to an aromatic ring is 1. The molecule has 1 heterocycles. The summed E-state index contributed by atoms with van der Waals surface area (Å²) in [6, 6.07) is 8.07. The van der Waals surface area contributed by atoms with Crippen LogP contribution in [-0.2, 0) is 23.1 Å². The minimum absolute atomic E-state index is 0.0403. The van der Waals surface area contributed by atoms with Crippen LogP contribution in [0, 0.1) is 17.2 Å². The van der Waals surface area contributed by atoms with E-state index in [1.807, 2.05) is 19.9 Å². The summed E-state index contributed by atoms with van der Waals surface area (Å²) in [7, 11) is 1.25. The van der Waals surface area contributed by atoms with Gasteiger partial charge in [-0.2, -0.15) is 5.26 Å². The van der Waals surface area contributed by atoms with E-state index in [-0.39, 0.29) is 18.3 Å². The molecule has 0 aliphatic rings.